The second-order valence-corrected chi connectivity index (χ2v) is 0. The van der Waals surface area contributed by atoms with E-state index in [2.05, 4.69) is 0 Å². The third kappa shape index (κ3) is 107. The summed E-state index contributed by atoms with van der Waals surface area (Å²) in [6.45, 7) is 0. The van der Waals surface area contributed by atoms with Crippen LogP contribution in [-0.4, -0.2) is 48.9 Å². The molecule has 0 rings (SSSR count). The van der Waals surface area contributed by atoms with Crippen molar-refractivity contribution in [1.82, 2.24) is 0 Å². The van der Waals surface area contributed by atoms with Gasteiger partial charge in [-0.15, -0.1) is 0 Å². The second kappa shape index (κ2) is 149. The molecule has 0 aliphatic rings. The molecule has 0 aromatic heterocycles. The Morgan fingerprint density at radius 1 is 0.286 bits per heavy atom. The first kappa shape index (κ1) is 226. The summed E-state index contributed by atoms with van der Waals surface area (Å²) in [4.78, 5) is 0. The molecule has 0 saturated carbocycles. The fourth-order valence-electron chi connectivity index (χ4n) is 0. The topological polar surface area (TPSA) is 142 Å². The predicted molar refractivity (Wildman–Crippen MR) is 14.9 cm³/mol. The van der Waals surface area contributed by atoms with Gasteiger partial charge in [0.15, 0.2) is 0 Å². The number of rotatable bonds is 0. The van der Waals surface area contributed by atoms with E-state index in [-0.39, 0.29) is 76.2 Å². The molecular weight excluding hydrogens is 324 g/mol. The van der Waals surface area contributed by atoms with Crippen molar-refractivity contribution in [3.63, 3.8) is 0 Å². The van der Waals surface area contributed by atoms with Crippen molar-refractivity contribution in [2.24, 2.45) is 0 Å². The molecule has 7 heavy (non-hydrogen) atoms. The Morgan fingerprint density at radius 3 is 0.286 bits per heavy atom. The Morgan fingerprint density at radius 2 is 0.286 bits per heavy atom. The molecule has 0 N–H and O–H groups in total. The van der Waals surface area contributed by atoms with Gasteiger partial charge in [-0.25, -0.2) is 0 Å². The van der Waals surface area contributed by atoms with Crippen molar-refractivity contribution in [3.05, 3.63) is 0 Å². The molecule has 0 fully saturated rings. The standard InChI is InChI=1S/5O.2Sb/q5*-2;;. The summed E-state index contributed by atoms with van der Waals surface area (Å²) in [7, 11) is 0. The Kier molecular flexibility index (Phi) is 4820. The van der Waals surface area contributed by atoms with Crippen LogP contribution < -0.4 is 0 Å². The maximum Gasteiger partial charge on any atom is 0 e. The smallest absolute Gasteiger partial charge is 0 e. The van der Waals surface area contributed by atoms with Crippen molar-refractivity contribution < 1.29 is 27.4 Å². The Labute approximate surface area is 75.9 Å². The summed E-state index contributed by atoms with van der Waals surface area (Å²) >= 11 is 0. The summed E-state index contributed by atoms with van der Waals surface area (Å²) in [5, 5.41) is 0. The van der Waals surface area contributed by atoms with Crippen LogP contribution in [0.15, 0.2) is 0 Å². The Bertz CT molecular complexity index is 6.04. The molecule has 0 saturated heterocycles. The average molecular weight is 324 g/mol. The maximum atomic E-state index is 0. The van der Waals surface area contributed by atoms with Gasteiger partial charge in [0.25, 0.3) is 0 Å². The van der Waals surface area contributed by atoms with Crippen LogP contribution in [0, 0.1) is 0 Å². The van der Waals surface area contributed by atoms with Gasteiger partial charge < -0.3 is 27.4 Å². The summed E-state index contributed by atoms with van der Waals surface area (Å²) in [5.41, 5.74) is 0. The van der Waals surface area contributed by atoms with Gasteiger partial charge in [-0.1, -0.05) is 0 Å². The van der Waals surface area contributed by atoms with Gasteiger partial charge in [-0.05, 0) is 0 Å². The van der Waals surface area contributed by atoms with Gasteiger partial charge in [0.2, 0.25) is 0 Å². The number of hydrogen-bond donors (Lipinski definition) is 0. The first-order valence-corrected chi connectivity index (χ1v) is 0. The molecule has 0 bridgehead atoms. The molecule has 0 spiro atoms. The molecule has 0 aliphatic heterocycles. The minimum Gasteiger partial charge on any atom is -2.00 e. The van der Waals surface area contributed by atoms with Crippen LogP contribution in [-0.2, 0) is 27.4 Å². The molecule has 0 amide bonds. The minimum atomic E-state index is 0. The van der Waals surface area contributed by atoms with Gasteiger partial charge >= 0.3 is 0 Å². The van der Waals surface area contributed by atoms with Crippen LogP contribution in [0.4, 0.5) is 0 Å². The molecule has 0 heterocycles. The van der Waals surface area contributed by atoms with Crippen molar-refractivity contribution >= 4 is 48.9 Å². The van der Waals surface area contributed by atoms with E-state index in [9.17, 15) is 0 Å². The summed E-state index contributed by atoms with van der Waals surface area (Å²) in [6, 6.07) is 0. The fraction of sp³-hybridized carbons (Fsp3) is 0. The third-order valence-corrected chi connectivity index (χ3v) is 0. The van der Waals surface area contributed by atoms with Crippen molar-refractivity contribution in [1.29, 1.82) is 0 Å². The zero-order valence-corrected chi connectivity index (χ0v) is 8.04. The normalized spacial score (nSPS) is 0. The van der Waals surface area contributed by atoms with Gasteiger partial charge in [-0.3, -0.25) is 0 Å². The van der Waals surface area contributed by atoms with Crippen LogP contribution >= 0.6 is 0 Å². The molecule has 0 atom stereocenters. The molecule has 0 aromatic carbocycles. The van der Waals surface area contributed by atoms with Crippen molar-refractivity contribution in [3.8, 4) is 0 Å². The van der Waals surface area contributed by atoms with Crippen molar-refractivity contribution in [2.75, 3.05) is 0 Å². The fourth-order valence-corrected chi connectivity index (χ4v) is 0. The van der Waals surface area contributed by atoms with Gasteiger partial charge in [0, 0.05) is 48.9 Å². The van der Waals surface area contributed by atoms with E-state index >= 15 is 0 Å². The zero-order valence-electron chi connectivity index (χ0n) is 2.94. The minimum absolute atomic E-state index is 0. The average Bonchev–Trinajstić information content (AvgIpc) is 0. The molecule has 6 radical (unpaired) electrons. The van der Waals surface area contributed by atoms with Crippen LogP contribution in [0.1, 0.15) is 0 Å². The van der Waals surface area contributed by atoms with E-state index in [1.807, 2.05) is 0 Å². The SMILES string of the molecule is [O-2].[O-2].[O-2].[O-2].[O-2].[Sb].[Sb]. The second-order valence-electron chi connectivity index (χ2n) is 0. The van der Waals surface area contributed by atoms with Crippen LogP contribution in [0.2, 0.25) is 0 Å². The summed E-state index contributed by atoms with van der Waals surface area (Å²) in [5.74, 6) is 0. The van der Waals surface area contributed by atoms with Crippen LogP contribution in [0.5, 0.6) is 0 Å². The van der Waals surface area contributed by atoms with Crippen LogP contribution in [0.3, 0.4) is 0 Å². The molecule has 5 nitrogen and oxygen atoms in total. The molecule has 50 valence electrons. The first-order chi connectivity index (χ1) is 0. The predicted octanol–water partition coefficient (Wildman–Crippen LogP) is -1.36. The first-order valence-electron chi connectivity index (χ1n) is 0. The molecule has 0 aromatic rings. The molecule has 0 aliphatic carbocycles. The van der Waals surface area contributed by atoms with E-state index in [1.54, 1.807) is 0 Å². The number of hydrogen-bond acceptors (Lipinski definition) is 0. The maximum absolute atomic E-state index is 0. The van der Waals surface area contributed by atoms with E-state index < -0.39 is 0 Å². The van der Waals surface area contributed by atoms with E-state index in [4.69, 9.17) is 0 Å². The Balaban J connectivity index is 0. The van der Waals surface area contributed by atoms with Gasteiger partial charge in [-0.2, -0.15) is 0 Å². The monoisotopic (exact) mass is 322 g/mol. The zero-order chi connectivity index (χ0) is 0. The summed E-state index contributed by atoms with van der Waals surface area (Å²) in [6.07, 6.45) is 0. The summed E-state index contributed by atoms with van der Waals surface area (Å²) < 4.78 is 0. The van der Waals surface area contributed by atoms with Gasteiger partial charge in [0.1, 0.15) is 0 Å². The van der Waals surface area contributed by atoms with Crippen molar-refractivity contribution in [2.45, 2.75) is 0 Å². The van der Waals surface area contributed by atoms with E-state index in [0.717, 1.165) is 0 Å². The Hall–Kier alpha value is 1.44. The van der Waals surface area contributed by atoms with Crippen LogP contribution in [0.25, 0.3) is 0 Å². The third-order valence-electron chi connectivity index (χ3n) is 0. The molecule has 0 unspecified atom stereocenters. The van der Waals surface area contributed by atoms with E-state index in [1.165, 1.54) is 0 Å². The van der Waals surface area contributed by atoms with E-state index in [0.29, 0.717) is 0 Å². The molecule has 7 heteroatoms. The van der Waals surface area contributed by atoms with Gasteiger partial charge in [0.05, 0.1) is 0 Å². The quantitative estimate of drug-likeness (QED) is 0.485. The largest absolute Gasteiger partial charge is 2.00 e. The molecular formula is O5Sb2-10.